The molecule has 2 atom stereocenters. The average Bonchev–Trinajstić information content (AvgIpc) is 2.78. The third-order valence-corrected chi connectivity index (χ3v) is 4.26. The molecule has 0 aromatic carbocycles. The second-order valence-electron chi connectivity index (χ2n) is 5.79. The number of hydrogen-bond acceptors (Lipinski definition) is 2. The lowest BCUT2D eigenvalue weighted by Crippen LogP contribution is -2.41. The molecule has 1 amide bonds. The molecule has 0 aromatic heterocycles. The van der Waals surface area contributed by atoms with Gasteiger partial charge >= 0.3 is 0 Å². The van der Waals surface area contributed by atoms with E-state index < -0.39 is 0 Å². The second-order valence-corrected chi connectivity index (χ2v) is 5.79. The van der Waals surface area contributed by atoms with Crippen LogP contribution < -0.4 is 5.32 Å². The van der Waals surface area contributed by atoms with E-state index >= 15 is 0 Å². The first kappa shape index (κ1) is 11.9. The van der Waals surface area contributed by atoms with Gasteiger partial charge < -0.3 is 4.90 Å². The molecule has 1 aliphatic carbocycles. The first-order valence-corrected chi connectivity index (χ1v) is 6.62. The molecule has 2 fully saturated rings. The molecule has 1 saturated carbocycles. The van der Waals surface area contributed by atoms with Crippen LogP contribution in [0.2, 0.25) is 0 Å². The molecule has 0 aromatic rings. The molecule has 0 radical (unpaired) electrons. The molecular weight excluding hydrogens is 200 g/mol. The fourth-order valence-corrected chi connectivity index (χ4v) is 3.15. The molecule has 1 heterocycles. The number of amides is 1. The van der Waals surface area contributed by atoms with Gasteiger partial charge in [0.25, 0.3) is 0 Å². The first-order valence-electron chi connectivity index (χ1n) is 6.62. The smallest absolute Gasteiger partial charge is 0.241 e. The van der Waals surface area contributed by atoms with Crippen molar-refractivity contribution in [2.24, 2.45) is 5.41 Å². The van der Waals surface area contributed by atoms with Crippen molar-refractivity contribution in [2.75, 3.05) is 6.54 Å². The number of carbonyl (C=O) groups is 1. The first-order chi connectivity index (χ1) is 7.56. The van der Waals surface area contributed by atoms with Gasteiger partial charge in [0.05, 0.1) is 12.2 Å². The van der Waals surface area contributed by atoms with E-state index in [1.807, 2.05) is 0 Å². The third-order valence-electron chi connectivity index (χ3n) is 4.26. The number of nitrogens with zero attached hydrogens (tertiary/aromatic N) is 1. The van der Waals surface area contributed by atoms with Crippen molar-refractivity contribution < 1.29 is 4.79 Å². The molecule has 1 N–H and O–H groups in total. The molecule has 0 spiro atoms. The standard InChI is InChI=1S/C13H24N2O/c1-4-11-12(16)15(10(2)14-11)9-13(3)7-5-6-8-13/h10-11,14H,4-9H2,1-3H3. The van der Waals surface area contributed by atoms with Gasteiger partial charge in [0.1, 0.15) is 0 Å². The number of rotatable bonds is 3. The minimum atomic E-state index is 0.0556. The Morgan fingerprint density at radius 3 is 2.56 bits per heavy atom. The molecule has 16 heavy (non-hydrogen) atoms. The summed E-state index contributed by atoms with van der Waals surface area (Å²) in [5.74, 6) is 0.308. The number of carbonyl (C=O) groups excluding carboxylic acids is 1. The summed E-state index contributed by atoms with van der Waals surface area (Å²) in [6.45, 7) is 7.45. The minimum absolute atomic E-state index is 0.0556. The Hall–Kier alpha value is -0.570. The molecule has 92 valence electrons. The van der Waals surface area contributed by atoms with Crippen LogP contribution in [0.25, 0.3) is 0 Å². The van der Waals surface area contributed by atoms with Gasteiger partial charge in [0.15, 0.2) is 0 Å². The van der Waals surface area contributed by atoms with Crippen molar-refractivity contribution in [1.29, 1.82) is 0 Å². The molecule has 0 bridgehead atoms. The normalized spacial score (nSPS) is 33.7. The summed E-state index contributed by atoms with van der Waals surface area (Å²) in [4.78, 5) is 14.2. The lowest BCUT2D eigenvalue weighted by Gasteiger charge is -2.32. The van der Waals surface area contributed by atoms with E-state index in [0.717, 1.165) is 13.0 Å². The SMILES string of the molecule is CCC1NC(C)N(CC2(C)CCCC2)C1=O. The van der Waals surface area contributed by atoms with E-state index in [2.05, 4.69) is 31.0 Å². The van der Waals surface area contributed by atoms with Crippen molar-refractivity contribution in [3.8, 4) is 0 Å². The van der Waals surface area contributed by atoms with Gasteiger partial charge in [-0.25, -0.2) is 0 Å². The summed E-state index contributed by atoms with van der Waals surface area (Å²) >= 11 is 0. The van der Waals surface area contributed by atoms with Crippen LogP contribution in [0.1, 0.15) is 52.9 Å². The second kappa shape index (κ2) is 4.36. The minimum Gasteiger partial charge on any atom is -0.326 e. The quantitative estimate of drug-likeness (QED) is 0.796. The average molecular weight is 224 g/mol. The van der Waals surface area contributed by atoms with Gasteiger partial charge in [-0.1, -0.05) is 26.7 Å². The highest BCUT2D eigenvalue weighted by Crippen LogP contribution is 2.39. The van der Waals surface area contributed by atoms with E-state index in [4.69, 9.17) is 0 Å². The lowest BCUT2D eigenvalue weighted by molar-refractivity contribution is -0.131. The predicted molar refractivity (Wildman–Crippen MR) is 65.0 cm³/mol. The summed E-state index contributed by atoms with van der Waals surface area (Å²) < 4.78 is 0. The Morgan fingerprint density at radius 2 is 2.06 bits per heavy atom. The molecule has 3 nitrogen and oxygen atoms in total. The Balaban J connectivity index is 2.01. The van der Waals surface area contributed by atoms with Gasteiger partial charge in [0.2, 0.25) is 5.91 Å². The molecule has 2 aliphatic rings. The number of nitrogens with one attached hydrogen (secondary N) is 1. The fourth-order valence-electron chi connectivity index (χ4n) is 3.15. The maximum Gasteiger partial charge on any atom is 0.241 e. The van der Waals surface area contributed by atoms with Crippen molar-refractivity contribution >= 4 is 5.91 Å². The van der Waals surface area contributed by atoms with E-state index in [1.165, 1.54) is 25.7 Å². The van der Waals surface area contributed by atoms with Gasteiger partial charge in [-0.2, -0.15) is 0 Å². The Labute approximate surface area is 98.6 Å². The summed E-state index contributed by atoms with van der Waals surface area (Å²) in [6, 6.07) is 0.0556. The van der Waals surface area contributed by atoms with Crippen LogP contribution in [0, 0.1) is 5.41 Å². The maximum absolute atomic E-state index is 12.1. The highest BCUT2D eigenvalue weighted by molar-refractivity contribution is 5.84. The lowest BCUT2D eigenvalue weighted by atomic mass is 9.88. The molecule has 2 rings (SSSR count). The summed E-state index contributed by atoms with van der Waals surface area (Å²) in [6.07, 6.45) is 6.33. The Morgan fingerprint density at radius 1 is 1.44 bits per heavy atom. The van der Waals surface area contributed by atoms with Crippen LogP contribution in [-0.2, 0) is 4.79 Å². The largest absolute Gasteiger partial charge is 0.326 e. The van der Waals surface area contributed by atoms with Crippen LogP contribution in [0.3, 0.4) is 0 Å². The Bertz CT molecular complexity index is 271. The Kier molecular flexibility index (Phi) is 3.24. The van der Waals surface area contributed by atoms with Crippen LogP contribution >= 0.6 is 0 Å². The highest BCUT2D eigenvalue weighted by Gasteiger charge is 2.40. The van der Waals surface area contributed by atoms with E-state index in [9.17, 15) is 4.79 Å². The van der Waals surface area contributed by atoms with E-state index in [0.29, 0.717) is 11.3 Å². The maximum atomic E-state index is 12.1. The van der Waals surface area contributed by atoms with Crippen LogP contribution in [0.4, 0.5) is 0 Å². The highest BCUT2D eigenvalue weighted by atomic mass is 16.2. The topological polar surface area (TPSA) is 32.3 Å². The van der Waals surface area contributed by atoms with Crippen molar-refractivity contribution in [3.05, 3.63) is 0 Å². The van der Waals surface area contributed by atoms with Gasteiger partial charge in [0, 0.05) is 6.54 Å². The zero-order chi connectivity index (χ0) is 11.8. The zero-order valence-corrected chi connectivity index (χ0v) is 10.8. The number of hydrogen-bond donors (Lipinski definition) is 1. The van der Waals surface area contributed by atoms with Gasteiger partial charge in [-0.05, 0) is 31.6 Å². The fraction of sp³-hybridized carbons (Fsp3) is 0.923. The van der Waals surface area contributed by atoms with Crippen molar-refractivity contribution in [2.45, 2.75) is 65.1 Å². The molecule has 2 unspecified atom stereocenters. The van der Waals surface area contributed by atoms with Crippen LogP contribution in [0.15, 0.2) is 0 Å². The molecule has 1 aliphatic heterocycles. The van der Waals surface area contributed by atoms with Crippen molar-refractivity contribution in [3.63, 3.8) is 0 Å². The zero-order valence-electron chi connectivity index (χ0n) is 10.8. The molecule has 1 saturated heterocycles. The van der Waals surface area contributed by atoms with Crippen molar-refractivity contribution in [1.82, 2.24) is 10.2 Å². The van der Waals surface area contributed by atoms with E-state index in [1.54, 1.807) is 0 Å². The van der Waals surface area contributed by atoms with Gasteiger partial charge in [-0.15, -0.1) is 0 Å². The summed E-state index contributed by atoms with van der Waals surface area (Å²) in [5, 5.41) is 3.37. The monoisotopic (exact) mass is 224 g/mol. The molecule has 3 heteroatoms. The summed E-state index contributed by atoms with van der Waals surface area (Å²) in [7, 11) is 0. The van der Waals surface area contributed by atoms with E-state index in [-0.39, 0.29) is 12.2 Å². The van der Waals surface area contributed by atoms with Crippen LogP contribution in [-0.4, -0.2) is 29.6 Å². The molecular formula is C13H24N2O. The van der Waals surface area contributed by atoms with Crippen LogP contribution in [0.5, 0.6) is 0 Å². The third kappa shape index (κ3) is 2.10. The van der Waals surface area contributed by atoms with Gasteiger partial charge in [-0.3, -0.25) is 10.1 Å². The summed E-state index contributed by atoms with van der Waals surface area (Å²) in [5.41, 5.74) is 0.369. The predicted octanol–water partition coefficient (Wildman–Crippen LogP) is 2.12.